The molecule has 1 amide bonds. The average molecular weight is 215 g/mol. The molecule has 0 aromatic carbocycles. The van der Waals surface area contributed by atoms with E-state index in [-0.39, 0.29) is 11.9 Å². The zero-order valence-electron chi connectivity index (χ0n) is 7.73. The van der Waals surface area contributed by atoms with Crippen molar-refractivity contribution in [1.82, 2.24) is 5.32 Å². The maximum absolute atomic E-state index is 11.1. The Balaban J connectivity index is 2.28. The first-order chi connectivity index (χ1) is 6.68. The van der Waals surface area contributed by atoms with Crippen molar-refractivity contribution in [3.8, 4) is 0 Å². The highest BCUT2D eigenvalue weighted by Crippen LogP contribution is 2.16. The first kappa shape index (κ1) is 11.1. The van der Waals surface area contributed by atoms with Crippen LogP contribution in [0.1, 0.15) is 12.8 Å². The molecule has 1 rings (SSSR count). The van der Waals surface area contributed by atoms with Gasteiger partial charge >= 0.3 is 5.97 Å². The molecule has 0 radical (unpaired) electrons. The molecule has 0 saturated carbocycles. The van der Waals surface area contributed by atoms with Gasteiger partial charge in [-0.15, -0.1) is 0 Å². The maximum Gasteiger partial charge on any atom is 0.328 e. The molecule has 0 spiro atoms. The molecule has 0 bridgehead atoms. The number of thioether (sulfide) groups is 1. The van der Waals surface area contributed by atoms with E-state index in [0.29, 0.717) is 0 Å². The Morgan fingerprint density at radius 1 is 1.43 bits per heavy atom. The van der Waals surface area contributed by atoms with Crippen LogP contribution >= 0.6 is 11.8 Å². The lowest BCUT2D eigenvalue weighted by molar-refractivity contribution is -0.131. The fourth-order valence-corrected chi connectivity index (χ4v) is 2.32. The van der Waals surface area contributed by atoms with Crippen LogP contribution in [-0.4, -0.2) is 34.5 Å². The fraction of sp³-hybridized carbons (Fsp3) is 0.556. The summed E-state index contributed by atoms with van der Waals surface area (Å²) in [6, 6.07) is 0.194. The fourth-order valence-electron chi connectivity index (χ4n) is 1.25. The number of nitrogens with one attached hydrogen (secondary N) is 1. The molecule has 1 unspecified atom stereocenters. The van der Waals surface area contributed by atoms with E-state index < -0.39 is 5.97 Å². The van der Waals surface area contributed by atoms with Crippen molar-refractivity contribution in [2.75, 3.05) is 11.5 Å². The van der Waals surface area contributed by atoms with E-state index in [0.717, 1.165) is 36.5 Å². The van der Waals surface area contributed by atoms with Crippen LogP contribution in [0, 0.1) is 0 Å². The Morgan fingerprint density at radius 3 is 2.79 bits per heavy atom. The largest absolute Gasteiger partial charge is 0.478 e. The van der Waals surface area contributed by atoms with Crippen molar-refractivity contribution in [3.63, 3.8) is 0 Å². The van der Waals surface area contributed by atoms with E-state index >= 15 is 0 Å². The van der Waals surface area contributed by atoms with Gasteiger partial charge in [0.05, 0.1) is 0 Å². The molecular formula is C9H13NO3S. The van der Waals surface area contributed by atoms with E-state index in [1.807, 2.05) is 11.8 Å². The summed E-state index contributed by atoms with van der Waals surface area (Å²) < 4.78 is 0. The SMILES string of the molecule is O=C(O)/C=C\C(=O)NC1CCCSC1. The average Bonchev–Trinajstić information content (AvgIpc) is 2.16. The van der Waals surface area contributed by atoms with Crippen molar-refractivity contribution in [2.45, 2.75) is 18.9 Å². The predicted molar refractivity (Wildman–Crippen MR) is 55.3 cm³/mol. The molecule has 0 aliphatic carbocycles. The summed E-state index contributed by atoms with van der Waals surface area (Å²) in [5, 5.41) is 11.1. The molecule has 78 valence electrons. The highest BCUT2D eigenvalue weighted by atomic mass is 32.2. The van der Waals surface area contributed by atoms with E-state index in [1.54, 1.807) is 0 Å². The van der Waals surface area contributed by atoms with Crippen LogP contribution in [0.4, 0.5) is 0 Å². The van der Waals surface area contributed by atoms with Crippen molar-refractivity contribution in [3.05, 3.63) is 12.2 Å². The van der Waals surface area contributed by atoms with Gasteiger partial charge in [-0.3, -0.25) is 4.79 Å². The molecule has 1 heterocycles. The van der Waals surface area contributed by atoms with Crippen molar-refractivity contribution >= 4 is 23.6 Å². The van der Waals surface area contributed by atoms with E-state index in [9.17, 15) is 9.59 Å². The summed E-state index contributed by atoms with van der Waals surface area (Å²) in [5.74, 6) is 0.655. The van der Waals surface area contributed by atoms with Gasteiger partial charge in [-0.1, -0.05) is 0 Å². The van der Waals surface area contributed by atoms with Gasteiger partial charge in [0, 0.05) is 23.9 Å². The summed E-state index contributed by atoms with van der Waals surface area (Å²) in [5.41, 5.74) is 0. The minimum Gasteiger partial charge on any atom is -0.478 e. The van der Waals surface area contributed by atoms with E-state index in [1.165, 1.54) is 0 Å². The third-order valence-corrected chi connectivity index (χ3v) is 3.10. The van der Waals surface area contributed by atoms with Crippen molar-refractivity contribution in [2.24, 2.45) is 0 Å². The second-order valence-corrected chi connectivity index (χ2v) is 4.24. The van der Waals surface area contributed by atoms with Gasteiger partial charge in [-0.2, -0.15) is 11.8 Å². The minimum atomic E-state index is -1.10. The zero-order chi connectivity index (χ0) is 10.4. The molecule has 1 fully saturated rings. The second kappa shape index (κ2) is 5.70. The van der Waals surface area contributed by atoms with Gasteiger partial charge in [0.25, 0.3) is 0 Å². The Bertz CT molecular complexity index is 246. The topological polar surface area (TPSA) is 66.4 Å². The molecule has 0 aromatic heterocycles. The molecule has 1 aliphatic rings. The van der Waals surface area contributed by atoms with E-state index in [4.69, 9.17) is 5.11 Å². The van der Waals surface area contributed by atoms with Gasteiger partial charge < -0.3 is 10.4 Å². The number of rotatable bonds is 3. The molecule has 5 heteroatoms. The van der Waals surface area contributed by atoms with E-state index in [2.05, 4.69) is 5.32 Å². The first-order valence-electron chi connectivity index (χ1n) is 4.48. The Labute approximate surface area is 86.8 Å². The molecule has 1 saturated heterocycles. The normalized spacial score (nSPS) is 22.1. The first-order valence-corrected chi connectivity index (χ1v) is 5.63. The monoisotopic (exact) mass is 215 g/mol. The lowest BCUT2D eigenvalue weighted by Crippen LogP contribution is -2.37. The van der Waals surface area contributed by atoms with Gasteiger partial charge in [0.1, 0.15) is 0 Å². The Morgan fingerprint density at radius 2 is 2.21 bits per heavy atom. The molecule has 2 N–H and O–H groups in total. The van der Waals surface area contributed by atoms with Gasteiger partial charge in [-0.25, -0.2) is 4.79 Å². The molecular weight excluding hydrogens is 202 g/mol. The van der Waals surface area contributed by atoms with Gasteiger partial charge in [0.2, 0.25) is 5.91 Å². The Kier molecular flexibility index (Phi) is 4.52. The summed E-state index contributed by atoms with van der Waals surface area (Å²) in [6.07, 6.45) is 4.00. The smallest absolute Gasteiger partial charge is 0.328 e. The number of amides is 1. The number of aliphatic carboxylic acids is 1. The van der Waals surface area contributed by atoms with Gasteiger partial charge in [-0.05, 0) is 18.6 Å². The van der Waals surface area contributed by atoms with Crippen LogP contribution in [0.15, 0.2) is 12.2 Å². The van der Waals surface area contributed by atoms with Crippen LogP contribution in [0.5, 0.6) is 0 Å². The summed E-state index contributed by atoms with van der Waals surface area (Å²) in [4.78, 5) is 21.3. The predicted octanol–water partition coefficient (Wildman–Crippen LogP) is 0.639. The summed E-state index contributed by atoms with van der Waals surface area (Å²) in [6.45, 7) is 0. The molecule has 0 aromatic rings. The third-order valence-electron chi connectivity index (χ3n) is 1.88. The number of hydrogen-bond donors (Lipinski definition) is 2. The van der Waals surface area contributed by atoms with Crippen LogP contribution < -0.4 is 5.32 Å². The standard InChI is InChI=1S/C9H13NO3S/c11-8(3-4-9(12)13)10-7-2-1-5-14-6-7/h3-4,7H,1-2,5-6H2,(H,10,11)(H,12,13)/b4-3-. The third kappa shape index (κ3) is 4.32. The molecule has 14 heavy (non-hydrogen) atoms. The molecule has 1 atom stereocenters. The quantitative estimate of drug-likeness (QED) is 0.678. The van der Waals surface area contributed by atoms with Crippen LogP contribution in [-0.2, 0) is 9.59 Å². The lowest BCUT2D eigenvalue weighted by Gasteiger charge is -2.21. The van der Waals surface area contributed by atoms with Crippen LogP contribution in [0.25, 0.3) is 0 Å². The maximum atomic E-state index is 11.1. The molecule has 1 aliphatic heterocycles. The lowest BCUT2D eigenvalue weighted by atomic mass is 10.2. The van der Waals surface area contributed by atoms with Crippen LogP contribution in [0.2, 0.25) is 0 Å². The van der Waals surface area contributed by atoms with Crippen molar-refractivity contribution < 1.29 is 14.7 Å². The summed E-state index contributed by atoms with van der Waals surface area (Å²) >= 11 is 1.81. The number of carboxylic acids is 1. The van der Waals surface area contributed by atoms with Crippen LogP contribution in [0.3, 0.4) is 0 Å². The number of carboxylic acid groups (broad SMARTS) is 1. The second-order valence-electron chi connectivity index (χ2n) is 3.09. The zero-order valence-corrected chi connectivity index (χ0v) is 8.55. The van der Waals surface area contributed by atoms with Crippen molar-refractivity contribution in [1.29, 1.82) is 0 Å². The Hall–Kier alpha value is -0.970. The van der Waals surface area contributed by atoms with Gasteiger partial charge in [0.15, 0.2) is 0 Å². The number of carbonyl (C=O) groups excluding carboxylic acids is 1. The summed E-state index contributed by atoms with van der Waals surface area (Å²) in [7, 11) is 0. The highest BCUT2D eigenvalue weighted by molar-refractivity contribution is 7.99. The molecule has 4 nitrogen and oxygen atoms in total. The highest BCUT2D eigenvalue weighted by Gasteiger charge is 2.14. The number of hydrogen-bond acceptors (Lipinski definition) is 3. The minimum absolute atomic E-state index is 0.194. The number of carbonyl (C=O) groups is 2.